The van der Waals surface area contributed by atoms with Crippen molar-refractivity contribution >= 4 is 16.9 Å². The molecule has 0 unspecified atom stereocenters. The number of carboxylic acids is 1. The van der Waals surface area contributed by atoms with Crippen LogP contribution in [0.25, 0.3) is 10.9 Å². The molecule has 0 atom stereocenters. The lowest BCUT2D eigenvalue weighted by molar-refractivity contribution is 0.0684. The minimum Gasteiger partial charge on any atom is -0.497 e. The summed E-state index contributed by atoms with van der Waals surface area (Å²) in [5.41, 5.74) is 4.07. The first-order chi connectivity index (χ1) is 16.9. The van der Waals surface area contributed by atoms with Gasteiger partial charge in [0.2, 0.25) is 0 Å². The molecule has 2 N–H and O–H groups in total. The molecule has 0 aliphatic rings. The Balaban J connectivity index is 1.63. The molecule has 0 bridgehead atoms. The molecular formula is C28H29FN2O4. The van der Waals surface area contributed by atoms with E-state index in [1.54, 1.807) is 37.0 Å². The maximum Gasteiger partial charge on any atom is 0.352 e. The third-order valence-corrected chi connectivity index (χ3v) is 6.17. The Morgan fingerprint density at radius 1 is 1.03 bits per heavy atom. The summed E-state index contributed by atoms with van der Waals surface area (Å²) in [4.78, 5) is 12.4. The summed E-state index contributed by atoms with van der Waals surface area (Å²) in [7, 11) is 3.25. The number of nitrogens with zero attached hydrogens (tertiary/aromatic N) is 1. The number of fused-ring (bicyclic) bond motifs is 1. The molecule has 182 valence electrons. The fourth-order valence-corrected chi connectivity index (χ4v) is 4.43. The summed E-state index contributed by atoms with van der Waals surface area (Å²) in [5.74, 6) is 0.128. The number of carboxylic acid groups (broad SMARTS) is 1. The number of carbonyl (C=O) groups is 1. The predicted octanol–water partition coefficient (Wildman–Crippen LogP) is 5.18. The quantitative estimate of drug-likeness (QED) is 0.309. The number of aromatic nitrogens is 1. The van der Waals surface area contributed by atoms with Crippen molar-refractivity contribution in [1.29, 1.82) is 0 Å². The second-order valence-electron chi connectivity index (χ2n) is 8.44. The van der Waals surface area contributed by atoms with Gasteiger partial charge < -0.3 is 24.5 Å². The third-order valence-electron chi connectivity index (χ3n) is 6.17. The van der Waals surface area contributed by atoms with Crippen molar-refractivity contribution in [2.45, 2.75) is 26.4 Å². The van der Waals surface area contributed by atoms with Crippen molar-refractivity contribution in [3.8, 4) is 11.5 Å². The van der Waals surface area contributed by atoms with Crippen LogP contribution in [0, 0.1) is 12.7 Å². The van der Waals surface area contributed by atoms with E-state index in [4.69, 9.17) is 9.47 Å². The van der Waals surface area contributed by atoms with Gasteiger partial charge in [0, 0.05) is 28.6 Å². The molecule has 0 saturated heterocycles. The van der Waals surface area contributed by atoms with Gasteiger partial charge >= 0.3 is 5.97 Å². The van der Waals surface area contributed by atoms with Crippen LogP contribution in [0.5, 0.6) is 11.5 Å². The van der Waals surface area contributed by atoms with Crippen molar-refractivity contribution in [3.63, 3.8) is 0 Å². The standard InChI is InChI=1S/C28H29FN2O4/c1-18-8-10-22-23(16-30-13-12-19-15-21(34-2)9-11-26(19)35-3)27(28(32)33)31(25(22)14-18)17-20-6-4-5-7-24(20)29/h4-11,14-15,30H,12-13,16-17H2,1-3H3,(H,32,33). The predicted molar refractivity (Wildman–Crippen MR) is 134 cm³/mol. The smallest absolute Gasteiger partial charge is 0.352 e. The number of nitrogens with one attached hydrogen (secondary N) is 1. The van der Waals surface area contributed by atoms with E-state index in [0.717, 1.165) is 33.5 Å². The van der Waals surface area contributed by atoms with Gasteiger partial charge in [-0.2, -0.15) is 0 Å². The van der Waals surface area contributed by atoms with Crippen LogP contribution in [0.4, 0.5) is 4.39 Å². The molecule has 0 saturated carbocycles. The number of methoxy groups -OCH3 is 2. The molecule has 1 heterocycles. The van der Waals surface area contributed by atoms with Crippen LogP contribution in [0.1, 0.15) is 32.7 Å². The van der Waals surface area contributed by atoms with Crippen LogP contribution >= 0.6 is 0 Å². The lowest BCUT2D eigenvalue weighted by atomic mass is 10.1. The molecular weight excluding hydrogens is 447 g/mol. The van der Waals surface area contributed by atoms with Crippen LogP contribution in [0.2, 0.25) is 0 Å². The highest BCUT2D eigenvalue weighted by molar-refractivity contribution is 5.98. The summed E-state index contributed by atoms with van der Waals surface area (Å²) in [5, 5.41) is 14.4. The fourth-order valence-electron chi connectivity index (χ4n) is 4.43. The zero-order valence-electron chi connectivity index (χ0n) is 20.1. The second-order valence-corrected chi connectivity index (χ2v) is 8.44. The van der Waals surface area contributed by atoms with E-state index in [2.05, 4.69) is 5.32 Å². The minimum absolute atomic E-state index is 0.134. The van der Waals surface area contributed by atoms with Gasteiger partial charge in [0.15, 0.2) is 0 Å². The largest absolute Gasteiger partial charge is 0.497 e. The van der Waals surface area contributed by atoms with E-state index < -0.39 is 5.97 Å². The summed E-state index contributed by atoms with van der Waals surface area (Å²) in [6, 6.07) is 18.0. The molecule has 35 heavy (non-hydrogen) atoms. The fraction of sp³-hybridized carbons (Fsp3) is 0.250. The zero-order chi connectivity index (χ0) is 24.9. The maximum absolute atomic E-state index is 14.4. The molecule has 3 aromatic carbocycles. The lowest BCUT2D eigenvalue weighted by Crippen LogP contribution is -2.20. The lowest BCUT2D eigenvalue weighted by Gasteiger charge is -2.12. The van der Waals surface area contributed by atoms with Crippen molar-refractivity contribution in [2.24, 2.45) is 0 Å². The van der Waals surface area contributed by atoms with Crippen LogP contribution < -0.4 is 14.8 Å². The average molecular weight is 477 g/mol. The molecule has 6 nitrogen and oxygen atoms in total. The van der Waals surface area contributed by atoms with E-state index in [1.165, 1.54) is 6.07 Å². The Labute approximate surface area is 203 Å². The summed E-state index contributed by atoms with van der Waals surface area (Å²) in [6.45, 7) is 3.06. The van der Waals surface area contributed by atoms with Crippen LogP contribution in [0.15, 0.2) is 60.7 Å². The Bertz CT molecular complexity index is 1360. The third kappa shape index (κ3) is 5.15. The molecule has 0 radical (unpaired) electrons. The average Bonchev–Trinajstić information content (AvgIpc) is 3.15. The van der Waals surface area contributed by atoms with Crippen LogP contribution in [0.3, 0.4) is 0 Å². The first-order valence-electron chi connectivity index (χ1n) is 11.4. The summed E-state index contributed by atoms with van der Waals surface area (Å²) in [6.07, 6.45) is 0.676. The number of hydrogen-bond donors (Lipinski definition) is 2. The number of halogens is 1. The molecule has 0 amide bonds. The summed E-state index contributed by atoms with van der Waals surface area (Å²) < 4.78 is 26.9. The molecule has 0 fully saturated rings. The normalized spacial score (nSPS) is 11.1. The summed E-state index contributed by atoms with van der Waals surface area (Å²) >= 11 is 0. The Hall–Kier alpha value is -3.84. The molecule has 0 spiro atoms. The number of aryl methyl sites for hydroxylation is 1. The van der Waals surface area contributed by atoms with E-state index in [9.17, 15) is 14.3 Å². The first kappa shape index (κ1) is 24.3. The number of rotatable bonds is 10. The van der Waals surface area contributed by atoms with E-state index in [1.807, 2.05) is 43.3 Å². The monoisotopic (exact) mass is 476 g/mol. The van der Waals surface area contributed by atoms with E-state index >= 15 is 0 Å². The van der Waals surface area contributed by atoms with Gasteiger partial charge in [-0.1, -0.05) is 30.3 Å². The highest BCUT2D eigenvalue weighted by Crippen LogP contribution is 2.29. The van der Waals surface area contributed by atoms with Gasteiger partial charge in [-0.15, -0.1) is 0 Å². The first-order valence-corrected chi connectivity index (χ1v) is 11.4. The molecule has 7 heteroatoms. The van der Waals surface area contributed by atoms with Gasteiger partial charge in [-0.25, -0.2) is 9.18 Å². The minimum atomic E-state index is -1.04. The molecule has 4 rings (SSSR count). The zero-order valence-corrected chi connectivity index (χ0v) is 20.1. The van der Waals surface area contributed by atoms with Crippen LogP contribution in [-0.4, -0.2) is 36.4 Å². The Morgan fingerprint density at radius 2 is 1.83 bits per heavy atom. The van der Waals surface area contributed by atoms with E-state index in [-0.39, 0.29) is 18.1 Å². The molecule has 0 aliphatic heterocycles. The van der Waals surface area contributed by atoms with Gasteiger partial charge in [0.25, 0.3) is 0 Å². The topological polar surface area (TPSA) is 72.7 Å². The SMILES string of the molecule is COc1ccc(OC)c(CCNCc2c(C(=O)O)n(Cc3ccccc3F)c3cc(C)ccc23)c1. The van der Waals surface area contributed by atoms with Crippen molar-refractivity contribution in [3.05, 3.63) is 94.4 Å². The van der Waals surface area contributed by atoms with Gasteiger partial charge in [-0.3, -0.25) is 0 Å². The van der Waals surface area contributed by atoms with Gasteiger partial charge in [-0.05, 0) is 61.3 Å². The molecule has 4 aromatic rings. The maximum atomic E-state index is 14.4. The van der Waals surface area contributed by atoms with Gasteiger partial charge in [0.05, 0.1) is 20.8 Å². The van der Waals surface area contributed by atoms with Crippen LogP contribution in [-0.2, 0) is 19.5 Å². The van der Waals surface area contributed by atoms with Crippen molar-refractivity contribution in [2.75, 3.05) is 20.8 Å². The Morgan fingerprint density at radius 3 is 2.54 bits per heavy atom. The number of ether oxygens (including phenoxy) is 2. The second kappa shape index (κ2) is 10.6. The number of aromatic carboxylic acids is 1. The Kier molecular flexibility index (Phi) is 7.36. The van der Waals surface area contributed by atoms with Gasteiger partial charge in [0.1, 0.15) is 23.0 Å². The molecule has 0 aliphatic carbocycles. The highest BCUT2D eigenvalue weighted by atomic mass is 19.1. The van der Waals surface area contributed by atoms with Crippen molar-refractivity contribution < 1.29 is 23.8 Å². The van der Waals surface area contributed by atoms with Crippen molar-refractivity contribution in [1.82, 2.24) is 9.88 Å². The number of hydrogen-bond acceptors (Lipinski definition) is 4. The van der Waals surface area contributed by atoms with E-state index in [0.29, 0.717) is 30.6 Å². The molecule has 1 aromatic heterocycles. The highest BCUT2D eigenvalue weighted by Gasteiger charge is 2.23. The number of benzene rings is 3.